The highest BCUT2D eigenvalue weighted by molar-refractivity contribution is 5.94. The van der Waals surface area contributed by atoms with Crippen molar-refractivity contribution in [3.63, 3.8) is 0 Å². The number of carbonyl (C=O) groups is 1. The van der Waals surface area contributed by atoms with Gasteiger partial charge in [0.2, 0.25) is 0 Å². The van der Waals surface area contributed by atoms with Gasteiger partial charge in [-0.2, -0.15) is 5.10 Å². The van der Waals surface area contributed by atoms with Gasteiger partial charge in [-0.15, -0.1) is 0 Å². The Kier molecular flexibility index (Phi) is 4.71. The van der Waals surface area contributed by atoms with E-state index in [0.29, 0.717) is 30.3 Å². The number of hydrogen-bond donors (Lipinski definition) is 1. The molecular weight excluding hydrogens is 268 g/mol. The topological polar surface area (TPSA) is 71.1 Å². The third kappa shape index (κ3) is 3.92. The van der Waals surface area contributed by atoms with Crippen molar-refractivity contribution in [3.8, 4) is 5.75 Å². The molecule has 0 fully saturated rings. The van der Waals surface area contributed by atoms with E-state index in [1.165, 1.54) is 0 Å². The molecule has 0 unspecified atom stereocenters. The van der Waals surface area contributed by atoms with Crippen LogP contribution in [0.1, 0.15) is 22.0 Å². The number of benzene rings is 1. The van der Waals surface area contributed by atoms with Gasteiger partial charge in [-0.05, 0) is 31.2 Å². The van der Waals surface area contributed by atoms with Crippen LogP contribution in [0.3, 0.4) is 0 Å². The molecular formula is C15H18N4O2. The smallest absolute Gasteiger partial charge is 0.254 e. The average molecular weight is 286 g/mol. The Morgan fingerprint density at radius 1 is 1.43 bits per heavy atom. The van der Waals surface area contributed by atoms with Crippen molar-refractivity contribution in [1.82, 2.24) is 20.1 Å². The molecule has 0 radical (unpaired) electrons. The minimum Gasteiger partial charge on any atom is -0.490 e. The molecule has 1 N–H and O–H groups in total. The Labute approximate surface area is 123 Å². The zero-order valence-corrected chi connectivity index (χ0v) is 12.2. The Bertz CT molecular complexity index is 619. The van der Waals surface area contributed by atoms with Crippen LogP contribution in [0.15, 0.2) is 36.9 Å². The second-order valence-corrected chi connectivity index (χ2v) is 4.62. The minimum atomic E-state index is -0.0901. The van der Waals surface area contributed by atoms with E-state index in [9.17, 15) is 4.79 Å². The van der Waals surface area contributed by atoms with E-state index in [2.05, 4.69) is 21.8 Å². The van der Waals surface area contributed by atoms with Crippen LogP contribution >= 0.6 is 0 Å². The van der Waals surface area contributed by atoms with Crippen LogP contribution in [0.4, 0.5) is 0 Å². The summed E-state index contributed by atoms with van der Waals surface area (Å²) < 4.78 is 5.38. The monoisotopic (exact) mass is 286 g/mol. The molecule has 1 aromatic carbocycles. The molecule has 110 valence electrons. The zero-order valence-electron chi connectivity index (χ0n) is 12.2. The molecule has 0 saturated carbocycles. The van der Waals surface area contributed by atoms with Gasteiger partial charge in [-0.3, -0.25) is 9.89 Å². The van der Waals surface area contributed by atoms with Gasteiger partial charge >= 0.3 is 0 Å². The van der Waals surface area contributed by atoms with Gasteiger partial charge in [0.25, 0.3) is 5.91 Å². The predicted molar refractivity (Wildman–Crippen MR) is 79.1 cm³/mol. The van der Waals surface area contributed by atoms with Crippen LogP contribution in [0.5, 0.6) is 5.75 Å². The minimum absolute atomic E-state index is 0.0901. The Hall–Kier alpha value is -2.63. The maximum atomic E-state index is 12.3. The summed E-state index contributed by atoms with van der Waals surface area (Å²) in [6.45, 7) is 6.21. The molecule has 1 aromatic heterocycles. The number of aromatic nitrogens is 3. The molecule has 0 aliphatic heterocycles. The zero-order chi connectivity index (χ0) is 15.2. The third-order valence-electron chi connectivity index (χ3n) is 2.84. The van der Waals surface area contributed by atoms with E-state index in [1.807, 2.05) is 6.92 Å². The molecule has 0 atom stereocenters. The van der Waals surface area contributed by atoms with Crippen molar-refractivity contribution in [2.45, 2.75) is 13.5 Å². The fraction of sp³-hybridized carbons (Fsp3) is 0.267. The van der Waals surface area contributed by atoms with Gasteiger partial charge < -0.3 is 9.64 Å². The van der Waals surface area contributed by atoms with E-state index in [0.717, 1.165) is 5.82 Å². The highest BCUT2D eigenvalue weighted by Crippen LogP contribution is 2.14. The van der Waals surface area contributed by atoms with Crippen molar-refractivity contribution < 1.29 is 9.53 Å². The van der Waals surface area contributed by atoms with Gasteiger partial charge in [0, 0.05) is 12.6 Å². The largest absolute Gasteiger partial charge is 0.490 e. The number of H-pyrrole nitrogens is 1. The third-order valence-corrected chi connectivity index (χ3v) is 2.84. The van der Waals surface area contributed by atoms with Crippen LogP contribution < -0.4 is 4.74 Å². The lowest BCUT2D eigenvalue weighted by atomic mass is 10.2. The summed E-state index contributed by atoms with van der Waals surface area (Å²) in [6.07, 6.45) is 1.67. The Balaban J connectivity index is 1.99. The first kappa shape index (κ1) is 14.8. The maximum Gasteiger partial charge on any atom is 0.254 e. The summed E-state index contributed by atoms with van der Waals surface area (Å²) in [5.41, 5.74) is 0.593. The number of ether oxygens (including phenoxy) is 1. The molecule has 0 aliphatic carbocycles. The summed E-state index contributed by atoms with van der Waals surface area (Å²) in [6, 6.07) is 7.00. The summed E-state index contributed by atoms with van der Waals surface area (Å²) in [4.78, 5) is 18.0. The number of nitrogens with one attached hydrogen (secondary N) is 1. The number of aromatic amines is 1. The van der Waals surface area contributed by atoms with Crippen molar-refractivity contribution in [2.75, 3.05) is 13.7 Å². The SMILES string of the molecule is C=CCOc1ccc(C(=O)N(C)Cc2n[nH]c(C)n2)cc1. The first-order valence-electron chi connectivity index (χ1n) is 6.57. The lowest BCUT2D eigenvalue weighted by Gasteiger charge is -2.15. The van der Waals surface area contributed by atoms with E-state index in [1.54, 1.807) is 42.3 Å². The maximum absolute atomic E-state index is 12.3. The van der Waals surface area contributed by atoms with Gasteiger partial charge in [0.1, 0.15) is 18.2 Å². The van der Waals surface area contributed by atoms with E-state index in [-0.39, 0.29) is 5.91 Å². The molecule has 0 aliphatic rings. The molecule has 1 amide bonds. The lowest BCUT2D eigenvalue weighted by molar-refractivity contribution is 0.0781. The number of nitrogens with zero attached hydrogens (tertiary/aromatic N) is 3. The molecule has 21 heavy (non-hydrogen) atoms. The molecule has 2 rings (SSSR count). The number of rotatable bonds is 6. The number of aryl methyl sites for hydroxylation is 1. The number of carbonyl (C=O) groups excluding carboxylic acids is 1. The van der Waals surface area contributed by atoms with E-state index >= 15 is 0 Å². The molecule has 6 nitrogen and oxygen atoms in total. The first-order chi connectivity index (χ1) is 10.1. The second-order valence-electron chi connectivity index (χ2n) is 4.62. The van der Waals surface area contributed by atoms with Crippen molar-refractivity contribution in [1.29, 1.82) is 0 Å². The van der Waals surface area contributed by atoms with E-state index in [4.69, 9.17) is 4.74 Å². The lowest BCUT2D eigenvalue weighted by Crippen LogP contribution is -2.26. The van der Waals surface area contributed by atoms with Crippen LogP contribution in [0.25, 0.3) is 0 Å². The summed E-state index contributed by atoms with van der Waals surface area (Å²) in [5.74, 6) is 1.94. The molecule has 0 spiro atoms. The van der Waals surface area contributed by atoms with Crippen molar-refractivity contribution in [2.24, 2.45) is 0 Å². The summed E-state index contributed by atoms with van der Waals surface area (Å²) in [7, 11) is 1.72. The summed E-state index contributed by atoms with van der Waals surface area (Å²) >= 11 is 0. The first-order valence-corrected chi connectivity index (χ1v) is 6.57. The molecule has 1 heterocycles. The highest BCUT2D eigenvalue weighted by Gasteiger charge is 2.14. The fourth-order valence-electron chi connectivity index (χ4n) is 1.81. The van der Waals surface area contributed by atoms with Crippen molar-refractivity contribution in [3.05, 3.63) is 54.1 Å². The van der Waals surface area contributed by atoms with Gasteiger partial charge in [0.05, 0.1) is 6.54 Å². The van der Waals surface area contributed by atoms with Gasteiger partial charge in [-0.1, -0.05) is 12.7 Å². The molecule has 0 bridgehead atoms. The average Bonchev–Trinajstić information content (AvgIpc) is 2.90. The number of amides is 1. The van der Waals surface area contributed by atoms with Crippen LogP contribution in [-0.4, -0.2) is 39.6 Å². The standard InChI is InChI=1S/C15H18N4O2/c1-4-9-21-13-7-5-12(6-8-13)15(20)19(3)10-14-16-11(2)17-18-14/h4-8H,1,9-10H2,2-3H3,(H,16,17,18). The highest BCUT2D eigenvalue weighted by atomic mass is 16.5. The van der Waals surface area contributed by atoms with Crippen LogP contribution in [0.2, 0.25) is 0 Å². The van der Waals surface area contributed by atoms with E-state index < -0.39 is 0 Å². The number of hydrogen-bond acceptors (Lipinski definition) is 4. The van der Waals surface area contributed by atoms with Crippen molar-refractivity contribution >= 4 is 5.91 Å². The molecule has 0 saturated heterocycles. The van der Waals surface area contributed by atoms with Gasteiger partial charge in [-0.25, -0.2) is 4.98 Å². The fourth-order valence-corrected chi connectivity index (χ4v) is 1.81. The van der Waals surface area contributed by atoms with Gasteiger partial charge in [0.15, 0.2) is 5.82 Å². The van der Waals surface area contributed by atoms with Crippen LogP contribution in [0, 0.1) is 6.92 Å². The Morgan fingerprint density at radius 2 is 2.14 bits per heavy atom. The molecule has 6 heteroatoms. The van der Waals surface area contributed by atoms with Crippen LogP contribution in [-0.2, 0) is 6.54 Å². The predicted octanol–water partition coefficient (Wildman–Crippen LogP) is 1.95. The quantitative estimate of drug-likeness (QED) is 0.824. The second kappa shape index (κ2) is 6.69. The summed E-state index contributed by atoms with van der Waals surface area (Å²) in [5, 5.41) is 6.78. The normalized spacial score (nSPS) is 10.2. The Morgan fingerprint density at radius 3 is 2.71 bits per heavy atom. The molecule has 2 aromatic rings.